The Hall–Kier alpha value is -4.21. The van der Waals surface area contributed by atoms with Crippen LogP contribution in [0, 0.1) is 10.1 Å². The molecule has 4 aromatic carbocycles. The summed E-state index contributed by atoms with van der Waals surface area (Å²) in [5.74, 6) is 0.826. The molecule has 1 saturated heterocycles. The van der Waals surface area contributed by atoms with E-state index in [9.17, 15) is 14.9 Å². The summed E-state index contributed by atoms with van der Waals surface area (Å²) in [6, 6.07) is 25.7. The molecule has 1 aliphatic rings. The highest BCUT2D eigenvalue weighted by molar-refractivity contribution is 8.27. The van der Waals surface area contributed by atoms with Crippen molar-refractivity contribution >= 4 is 62.4 Å². The molecule has 5 rings (SSSR count). The van der Waals surface area contributed by atoms with Crippen LogP contribution in [0.1, 0.15) is 18.1 Å². The molecule has 0 aromatic heterocycles. The summed E-state index contributed by atoms with van der Waals surface area (Å²) in [5.41, 5.74) is 2.03. The lowest BCUT2D eigenvalue weighted by Gasteiger charge is -2.14. The van der Waals surface area contributed by atoms with Gasteiger partial charge in [0.05, 0.1) is 22.1 Å². The number of hydrogen-bond donors (Lipinski definition) is 0. The van der Waals surface area contributed by atoms with Crippen LogP contribution in [-0.4, -0.2) is 21.8 Å². The summed E-state index contributed by atoms with van der Waals surface area (Å²) in [7, 11) is 0. The molecule has 0 N–H and O–H groups in total. The van der Waals surface area contributed by atoms with Gasteiger partial charge in [-0.05, 0) is 59.2 Å². The largest absolute Gasteiger partial charge is 0.490 e. The first kappa shape index (κ1) is 25.4. The number of amides is 1. The summed E-state index contributed by atoms with van der Waals surface area (Å²) in [6.45, 7) is 2.72. The van der Waals surface area contributed by atoms with Gasteiger partial charge in [-0.2, -0.15) is 0 Å². The second-order valence-corrected chi connectivity index (χ2v) is 10.1. The Morgan fingerprint density at radius 2 is 1.76 bits per heavy atom. The average molecular weight is 543 g/mol. The first-order chi connectivity index (χ1) is 18.4. The van der Waals surface area contributed by atoms with E-state index in [4.69, 9.17) is 21.7 Å². The summed E-state index contributed by atoms with van der Waals surface area (Å²) in [6.07, 6.45) is 1.73. The Morgan fingerprint density at radius 3 is 2.55 bits per heavy atom. The minimum Gasteiger partial charge on any atom is -0.490 e. The SMILES string of the molecule is CCOc1cc(/C=C2\SC(=S)N(c3cccc([N+](=O)[O-])c3)C2=O)ccc1OCc1ccc2ccccc2c1. The molecule has 1 aliphatic heterocycles. The van der Waals surface area contributed by atoms with E-state index in [0.29, 0.717) is 39.6 Å². The first-order valence-electron chi connectivity index (χ1n) is 11.8. The van der Waals surface area contributed by atoms with Crippen molar-refractivity contribution in [2.45, 2.75) is 13.5 Å². The number of nitro benzene ring substituents is 1. The Balaban J connectivity index is 1.36. The number of carbonyl (C=O) groups excluding carboxylic acids is 1. The number of non-ortho nitro benzene ring substituents is 1. The molecule has 0 bridgehead atoms. The third kappa shape index (κ3) is 5.39. The molecule has 0 atom stereocenters. The van der Waals surface area contributed by atoms with E-state index in [0.717, 1.165) is 28.3 Å². The van der Waals surface area contributed by atoms with E-state index >= 15 is 0 Å². The number of nitro groups is 1. The zero-order chi connectivity index (χ0) is 26.6. The molecule has 190 valence electrons. The molecule has 7 nitrogen and oxygen atoms in total. The maximum Gasteiger partial charge on any atom is 0.271 e. The Kier molecular flexibility index (Phi) is 7.39. The smallest absolute Gasteiger partial charge is 0.271 e. The fourth-order valence-electron chi connectivity index (χ4n) is 4.08. The van der Waals surface area contributed by atoms with Gasteiger partial charge in [0.1, 0.15) is 6.61 Å². The maximum atomic E-state index is 13.2. The standard InChI is InChI=1S/C29H22N2O5S2/c1-2-35-26-15-19(11-13-25(26)36-18-20-10-12-21-6-3-4-7-22(21)14-20)16-27-28(32)30(29(37)38-27)23-8-5-9-24(17-23)31(33)34/h3-17H,2,18H2,1H3/b27-16-. The fourth-order valence-corrected chi connectivity index (χ4v) is 5.38. The van der Waals surface area contributed by atoms with Crippen LogP contribution in [0.3, 0.4) is 0 Å². The molecule has 0 spiro atoms. The number of thioether (sulfide) groups is 1. The number of anilines is 1. The lowest BCUT2D eigenvalue weighted by molar-refractivity contribution is -0.384. The van der Waals surface area contributed by atoms with E-state index in [1.807, 2.05) is 43.3 Å². The average Bonchev–Trinajstić information content (AvgIpc) is 3.20. The summed E-state index contributed by atoms with van der Waals surface area (Å²) in [5, 5.41) is 13.5. The second kappa shape index (κ2) is 11.0. The van der Waals surface area contributed by atoms with Crippen LogP contribution in [-0.2, 0) is 11.4 Å². The normalized spacial score (nSPS) is 14.3. The van der Waals surface area contributed by atoms with Crippen molar-refractivity contribution in [2.24, 2.45) is 0 Å². The van der Waals surface area contributed by atoms with Gasteiger partial charge < -0.3 is 9.47 Å². The van der Waals surface area contributed by atoms with Crippen LogP contribution < -0.4 is 14.4 Å². The van der Waals surface area contributed by atoms with Crippen LogP contribution in [0.5, 0.6) is 11.5 Å². The number of fused-ring (bicyclic) bond motifs is 1. The van der Waals surface area contributed by atoms with Gasteiger partial charge in [-0.3, -0.25) is 19.8 Å². The molecule has 9 heteroatoms. The van der Waals surface area contributed by atoms with Gasteiger partial charge in [0.25, 0.3) is 11.6 Å². The van der Waals surface area contributed by atoms with Gasteiger partial charge in [-0.1, -0.05) is 72.5 Å². The van der Waals surface area contributed by atoms with Crippen molar-refractivity contribution in [3.8, 4) is 11.5 Å². The zero-order valence-corrected chi connectivity index (χ0v) is 22.0. The van der Waals surface area contributed by atoms with E-state index in [1.165, 1.54) is 28.5 Å². The van der Waals surface area contributed by atoms with E-state index in [-0.39, 0.29) is 11.6 Å². The number of thiocarbonyl (C=S) groups is 1. The summed E-state index contributed by atoms with van der Waals surface area (Å²) in [4.78, 5) is 25.5. The summed E-state index contributed by atoms with van der Waals surface area (Å²) >= 11 is 6.56. The van der Waals surface area contributed by atoms with Crippen molar-refractivity contribution in [1.82, 2.24) is 0 Å². The van der Waals surface area contributed by atoms with Gasteiger partial charge in [-0.25, -0.2) is 0 Å². The molecular formula is C29H22N2O5S2. The molecule has 38 heavy (non-hydrogen) atoms. The van der Waals surface area contributed by atoms with Crippen molar-refractivity contribution in [3.05, 3.63) is 111 Å². The van der Waals surface area contributed by atoms with E-state index in [2.05, 4.69) is 24.3 Å². The van der Waals surface area contributed by atoms with Crippen LogP contribution >= 0.6 is 24.0 Å². The second-order valence-electron chi connectivity index (χ2n) is 8.40. The van der Waals surface area contributed by atoms with Crippen molar-refractivity contribution in [1.29, 1.82) is 0 Å². The number of carbonyl (C=O) groups is 1. The number of hydrogen-bond acceptors (Lipinski definition) is 7. The van der Waals surface area contributed by atoms with Gasteiger partial charge >= 0.3 is 0 Å². The predicted octanol–water partition coefficient (Wildman–Crippen LogP) is 7.13. The minimum absolute atomic E-state index is 0.110. The zero-order valence-electron chi connectivity index (χ0n) is 20.3. The van der Waals surface area contributed by atoms with Crippen LogP contribution in [0.2, 0.25) is 0 Å². The topological polar surface area (TPSA) is 81.9 Å². The molecule has 1 heterocycles. The molecule has 1 fully saturated rings. The third-order valence-electron chi connectivity index (χ3n) is 5.87. The number of nitrogens with zero attached hydrogens (tertiary/aromatic N) is 2. The molecule has 0 radical (unpaired) electrons. The fraction of sp³-hybridized carbons (Fsp3) is 0.103. The predicted molar refractivity (Wildman–Crippen MR) is 155 cm³/mol. The monoisotopic (exact) mass is 542 g/mol. The highest BCUT2D eigenvalue weighted by atomic mass is 32.2. The van der Waals surface area contributed by atoms with Crippen molar-refractivity contribution in [2.75, 3.05) is 11.5 Å². The van der Waals surface area contributed by atoms with Crippen LogP contribution in [0.4, 0.5) is 11.4 Å². The molecule has 0 saturated carbocycles. The van der Waals surface area contributed by atoms with E-state index < -0.39 is 4.92 Å². The summed E-state index contributed by atoms with van der Waals surface area (Å²) < 4.78 is 12.2. The molecule has 0 aliphatic carbocycles. The van der Waals surface area contributed by atoms with Crippen molar-refractivity contribution < 1.29 is 19.2 Å². The maximum absolute atomic E-state index is 13.2. The van der Waals surface area contributed by atoms with Gasteiger partial charge in [-0.15, -0.1) is 0 Å². The molecule has 0 unspecified atom stereocenters. The van der Waals surface area contributed by atoms with Gasteiger partial charge in [0.2, 0.25) is 0 Å². The lowest BCUT2D eigenvalue weighted by Crippen LogP contribution is -2.27. The highest BCUT2D eigenvalue weighted by Gasteiger charge is 2.34. The highest BCUT2D eigenvalue weighted by Crippen LogP contribution is 2.38. The quantitative estimate of drug-likeness (QED) is 0.101. The third-order valence-corrected chi connectivity index (χ3v) is 7.17. The van der Waals surface area contributed by atoms with Gasteiger partial charge in [0, 0.05) is 12.1 Å². The number of ether oxygens (including phenoxy) is 2. The molecule has 4 aromatic rings. The Morgan fingerprint density at radius 1 is 0.947 bits per heavy atom. The number of rotatable bonds is 8. The van der Waals surface area contributed by atoms with E-state index in [1.54, 1.807) is 12.1 Å². The van der Waals surface area contributed by atoms with Gasteiger partial charge in [0.15, 0.2) is 15.8 Å². The Bertz CT molecular complexity index is 1600. The molecular weight excluding hydrogens is 520 g/mol. The van der Waals surface area contributed by atoms with Crippen molar-refractivity contribution in [3.63, 3.8) is 0 Å². The minimum atomic E-state index is -0.504. The molecule has 1 amide bonds. The number of benzene rings is 4. The van der Waals surface area contributed by atoms with Crippen LogP contribution in [0.25, 0.3) is 16.8 Å². The first-order valence-corrected chi connectivity index (χ1v) is 13.0. The van der Waals surface area contributed by atoms with Crippen LogP contribution in [0.15, 0.2) is 89.8 Å². The lowest BCUT2D eigenvalue weighted by atomic mass is 10.1. The Labute approximate surface area is 228 Å².